The van der Waals surface area contributed by atoms with Crippen LogP contribution >= 0.6 is 0 Å². The smallest absolute Gasteiger partial charge is 0.337 e. The van der Waals surface area contributed by atoms with Gasteiger partial charge in [-0.15, -0.1) is 0 Å². The van der Waals surface area contributed by atoms with E-state index in [2.05, 4.69) is 54.6 Å². The summed E-state index contributed by atoms with van der Waals surface area (Å²) in [6.45, 7) is 0.713. The number of allylic oxidation sites excluding steroid dienone is 1. The van der Waals surface area contributed by atoms with Gasteiger partial charge in [-0.2, -0.15) is 5.26 Å². The standard InChI is InChI=1S/C39H41NO3/c1-42-39(41)37-26-23-34(24-27-37)29-33(19-16-32-17-20-35(30-40)21-18-32)22-25-36-14-8-9-15-38(36)43-28-10-3-2-5-11-31-12-6-4-7-13-31/h4,6-9,12-15,17-18,20-27,33H,2-3,5,10-11,16,19,28-29H2,1H3/b25-22+. The third kappa shape index (κ3) is 10.6. The van der Waals surface area contributed by atoms with Gasteiger partial charge in [0.1, 0.15) is 5.75 Å². The fourth-order valence-corrected chi connectivity index (χ4v) is 5.16. The van der Waals surface area contributed by atoms with Crippen molar-refractivity contribution in [1.82, 2.24) is 0 Å². The van der Waals surface area contributed by atoms with Crippen LogP contribution in [-0.4, -0.2) is 19.7 Å². The number of benzene rings is 4. The molecule has 0 spiro atoms. The molecule has 0 aliphatic carbocycles. The van der Waals surface area contributed by atoms with Crippen molar-refractivity contribution >= 4 is 12.0 Å². The first-order valence-corrected chi connectivity index (χ1v) is 15.2. The first kappa shape index (κ1) is 31.3. The molecule has 0 amide bonds. The molecule has 0 saturated carbocycles. The lowest BCUT2D eigenvalue weighted by Crippen LogP contribution is -2.05. The van der Waals surface area contributed by atoms with Gasteiger partial charge in [0.2, 0.25) is 0 Å². The number of methoxy groups -OCH3 is 1. The van der Waals surface area contributed by atoms with Crippen molar-refractivity contribution in [3.8, 4) is 11.8 Å². The first-order chi connectivity index (χ1) is 21.1. The maximum Gasteiger partial charge on any atom is 0.337 e. The summed E-state index contributed by atoms with van der Waals surface area (Å²) in [6, 6.07) is 36.6. The first-order valence-electron chi connectivity index (χ1n) is 15.2. The molecule has 1 atom stereocenters. The molecule has 4 aromatic rings. The molecule has 0 radical (unpaired) electrons. The van der Waals surface area contributed by atoms with Crippen LogP contribution in [0.3, 0.4) is 0 Å². The Labute approximate surface area is 256 Å². The van der Waals surface area contributed by atoms with Gasteiger partial charge in [0, 0.05) is 5.56 Å². The lowest BCUT2D eigenvalue weighted by Gasteiger charge is -2.15. The predicted octanol–water partition coefficient (Wildman–Crippen LogP) is 9.03. The summed E-state index contributed by atoms with van der Waals surface area (Å²) in [5, 5.41) is 9.12. The molecule has 0 aliphatic rings. The third-order valence-electron chi connectivity index (χ3n) is 7.69. The molecule has 4 rings (SSSR count). The monoisotopic (exact) mass is 571 g/mol. The number of ether oxygens (including phenoxy) is 2. The fourth-order valence-electron chi connectivity index (χ4n) is 5.16. The molecule has 0 bridgehead atoms. The van der Waals surface area contributed by atoms with Crippen molar-refractivity contribution < 1.29 is 14.3 Å². The van der Waals surface area contributed by atoms with Gasteiger partial charge in [-0.3, -0.25) is 0 Å². The maximum absolute atomic E-state index is 11.9. The van der Waals surface area contributed by atoms with Crippen LogP contribution in [0, 0.1) is 17.2 Å². The van der Waals surface area contributed by atoms with E-state index in [0.29, 0.717) is 17.7 Å². The Morgan fingerprint density at radius 2 is 1.44 bits per heavy atom. The maximum atomic E-state index is 11.9. The van der Waals surface area contributed by atoms with E-state index in [0.717, 1.165) is 49.8 Å². The van der Waals surface area contributed by atoms with Gasteiger partial charge >= 0.3 is 5.97 Å². The van der Waals surface area contributed by atoms with E-state index in [1.165, 1.54) is 36.6 Å². The number of unbranched alkanes of at least 4 members (excludes halogenated alkanes) is 3. The van der Waals surface area contributed by atoms with Gasteiger partial charge in [0.25, 0.3) is 0 Å². The number of hydrogen-bond donors (Lipinski definition) is 0. The van der Waals surface area contributed by atoms with Gasteiger partial charge in [0.15, 0.2) is 0 Å². The molecule has 0 aromatic heterocycles. The van der Waals surface area contributed by atoms with Crippen LogP contribution < -0.4 is 4.74 Å². The summed E-state index contributed by atoms with van der Waals surface area (Å²) in [5.41, 5.74) is 6.10. The van der Waals surface area contributed by atoms with E-state index in [1.54, 1.807) is 0 Å². The van der Waals surface area contributed by atoms with Crippen LogP contribution in [0.1, 0.15) is 70.3 Å². The average Bonchev–Trinajstić information content (AvgIpc) is 3.06. The minimum atomic E-state index is -0.326. The highest BCUT2D eigenvalue weighted by Gasteiger charge is 2.11. The molecular formula is C39H41NO3. The fraction of sp³-hybridized carbons (Fsp3) is 0.282. The molecule has 0 heterocycles. The number of carbonyl (C=O) groups is 1. The number of nitrogens with zero attached hydrogens (tertiary/aromatic N) is 1. The highest BCUT2D eigenvalue weighted by atomic mass is 16.5. The van der Waals surface area contributed by atoms with E-state index in [4.69, 9.17) is 14.7 Å². The topological polar surface area (TPSA) is 59.3 Å². The minimum Gasteiger partial charge on any atom is -0.493 e. The summed E-state index contributed by atoms with van der Waals surface area (Å²) >= 11 is 0. The normalized spacial score (nSPS) is 11.6. The summed E-state index contributed by atoms with van der Waals surface area (Å²) in [5.74, 6) is 0.862. The van der Waals surface area contributed by atoms with Crippen LogP contribution in [0.15, 0.2) is 109 Å². The Balaban J connectivity index is 1.35. The lowest BCUT2D eigenvalue weighted by atomic mass is 9.91. The third-order valence-corrected chi connectivity index (χ3v) is 7.69. The van der Waals surface area contributed by atoms with Crippen LogP contribution in [-0.2, 0) is 24.0 Å². The number of esters is 1. The molecule has 4 aromatic carbocycles. The van der Waals surface area contributed by atoms with Gasteiger partial charge < -0.3 is 9.47 Å². The number of nitriles is 1. The van der Waals surface area contributed by atoms with Crippen molar-refractivity contribution in [2.24, 2.45) is 5.92 Å². The van der Waals surface area contributed by atoms with Crippen molar-refractivity contribution in [3.63, 3.8) is 0 Å². The molecule has 0 saturated heterocycles. The number of hydrogen-bond acceptors (Lipinski definition) is 4. The Morgan fingerprint density at radius 1 is 0.767 bits per heavy atom. The molecule has 220 valence electrons. The van der Waals surface area contributed by atoms with Crippen LogP contribution in [0.4, 0.5) is 0 Å². The van der Waals surface area contributed by atoms with E-state index >= 15 is 0 Å². The highest BCUT2D eigenvalue weighted by Crippen LogP contribution is 2.24. The molecule has 4 heteroatoms. The van der Waals surface area contributed by atoms with Gasteiger partial charge in [-0.25, -0.2) is 4.79 Å². The number of aryl methyl sites for hydroxylation is 2. The van der Waals surface area contributed by atoms with Crippen molar-refractivity contribution in [2.45, 2.75) is 51.4 Å². The highest BCUT2D eigenvalue weighted by molar-refractivity contribution is 5.89. The second kappa shape index (κ2) is 17.4. The molecule has 0 fully saturated rings. The summed E-state index contributed by atoms with van der Waals surface area (Å²) < 4.78 is 11.1. The van der Waals surface area contributed by atoms with Crippen molar-refractivity contribution in [3.05, 3.63) is 143 Å². The summed E-state index contributed by atoms with van der Waals surface area (Å²) in [7, 11) is 1.40. The van der Waals surface area contributed by atoms with E-state index in [1.807, 2.05) is 66.7 Å². The average molecular weight is 572 g/mol. The zero-order valence-corrected chi connectivity index (χ0v) is 25.1. The van der Waals surface area contributed by atoms with Crippen molar-refractivity contribution in [1.29, 1.82) is 5.26 Å². The second-order valence-corrected chi connectivity index (χ2v) is 10.9. The minimum absolute atomic E-state index is 0.275. The van der Waals surface area contributed by atoms with Crippen LogP contribution in [0.2, 0.25) is 0 Å². The Morgan fingerprint density at radius 3 is 2.19 bits per heavy atom. The molecule has 43 heavy (non-hydrogen) atoms. The molecule has 0 N–H and O–H groups in total. The van der Waals surface area contributed by atoms with E-state index in [-0.39, 0.29) is 11.9 Å². The number of rotatable bonds is 16. The quantitative estimate of drug-likeness (QED) is 0.0994. The van der Waals surface area contributed by atoms with Crippen LogP contribution in [0.5, 0.6) is 5.75 Å². The zero-order valence-electron chi connectivity index (χ0n) is 25.1. The van der Waals surface area contributed by atoms with Gasteiger partial charge in [-0.05, 0) is 91.5 Å². The summed E-state index contributed by atoms with van der Waals surface area (Å²) in [6.07, 6.45) is 12.9. The van der Waals surface area contributed by atoms with Gasteiger partial charge in [0.05, 0.1) is 30.9 Å². The second-order valence-electron chi connectivity index (χ2n) is 10.9. The van der Waals surface area contributed by atoms with Gasteiger partial charge in [-0.1, -0.05) is 97.8 Å². The predicted molar refractivity (Wildman–Crippen MR) is 174 cm³/mol. The number of para-hydroxylation sites is 1. The Kier molecular flexibility index (Phi) is 12.6. The molecule has 0 aliphatic heterocycles. The lowest BCUT2D eigenvalue weighted by molar-refractivity contribution is 0.0600. The Hall–Kier alpha value is -4.62. The number of carbonyl (C=O) groups excluding carboxylic acids is 1. The van der Waals surface area contributed by atoms with Crippen LogP contribution in [0.25, 0.3) is 6.08 Å². The molecule has 1 unspecified atom stereocenters. The largest absolute Gasteiger partial charge is 0.493 e. The molecular weight excluding hydrogens is 530 g/mol. The Bertz CT molecular complexity index is 1470. The van der Waals surface area contributed by atoms with E-state index in [9.17, 15) is 4.79 Å². The molecule has 4 nitrogen and oxygen atoms in total. The zero-order chi connectivity index (χ0) is 30.1. The SMILES string of the molecule is COC(=O)c1ccc(CC(/C=C/c2ccccc2OCCCCCCc2ccccc2)CCc2ccc(C#N)cc2)cc1. The van der Waals surface area contributed by atoms with Crippen molar-refractivity contribution in [2.75, 3.05) is 13.7 Å². The summed E-state index contributed by atoms with van der Waals surface area (Å²) in [4.78, 5) is 11.9. The van der Waals surface area contributed by atoms with E-state index < -0.39 is 0 Å².